The summed E-state index contributed by atoms with van der Waals surface area (Å²) in [6, 6.07) is 1.84. The van der Waals surface area contributed by atoms with Gasteiger partial charge in [0.1, 0.15) is 11.4 Å². The number of carbonyl (C=O) groups is 2. The summed E-state index contributed by atoms with van der Waals surface area (Å²) in [5.74, 6) is -0.0644. The Balaban J connectivity index is 2.56. The molecule has 1 amide bonds. The van der Waals surface area contributed by atoms with Gasteiger partial charge in [-0.1, -0.05) is 13.8 Å². The summed E-state index contributed by atoms with van der Waals surface area (Å²) in [6.07, 6.45) is 0.899. The maximum Gasteiger partial charge on any atom is 0.225 e. The molecule has 0 saturated heterocycles. The lowest BCUT2D eigenvalue weighted by molar-refractivity contribution is -0.131. The molecule has 1 aromatic rings. The zero-order valence-electron chi connectivity index (χ0n) is 12.5. The Hall–Kier alpha value is -1.20. The summed E-state index contributed by atoms with van der Waals surface area (Å²) >= 11 is 1.51. The van der Waals surface area contributed by atoms with Crippen LogP contribution in [0.4, 0.5) is 0 Å². The van der Waals surface area contributed by atoms with E-state index in [1.165, 1.54) is 18.3 Å². The summed E-state index contributed by atoms with van der Waals surface area (Å²) in [5, 5.41) is 16.9. The third-order valence-electron chi connectivity index (χ3n) is 3.45. The van der Waals surface area contributed by atoms with E-state index in [1.807, 2.05) is 30.7 Å². The van der Waals surface area contributed by atoms with Gasteiger partial charge in [0.15, 0.2) is 0 Å². The van der Waals surface area contributed by atoms with Gasteiger partial charge in [0, 0.05) is 11.8 Å². The van der Waals surface area contributed by atoms with Crippen LogP contribution in [0.5, 0.6) is 0 Å². The molecular weight excluding hydrogens is 274 g/mol. The molecule has 0 aromatic carbocycles. The van der Waals surface area contributed by atoms with E-state index in [4.69, 9.17) is 0 Å². The minimum Gasteiger partial charge on any atom is -0.384 e. The predicted octanol–water partition coefficient (Wildman–Crippen LogP) is 2.47. The molecule has 0 spiro atoms. The van der Waals surface area contributed by atoms with Crippen LogP contribution >= 0.6 is 11.3 Å². The lowest BCUT2D eigenvalue weighted by Gasteiger charge is -2.27. The van der Waals surface area contributed by atoms with Crippen molar-refractivity contribution >= 4 is 23.0 Å². The standard InChI is InChI=1S/C15H23NO3S/c1-11(17)5-7-14(2,3)13(18)16-10-15(4,19)12-6-8-20-9-12/h6,8-9,19H,5,7,10H2,1-4H3,(H,16,18). The van der Waals surface area contributed by atoms with Gasteiger partial charge in [-0.15, -0.1) is 0 Å². The first kappa shape index (κ1) is 16.9. The monoisotopic (exact) mass is 297 g/mol. The van der Waals surface area contributed by atoms with Crippen LogP contribution in [0.15, 0.2) is 16.8 Å². The molecular formula is C15H23NO3S. The van der Waals surface area contributed by atoms with Gasteiger partial charge in [0.2, 0.25) is 5.91 Å². The van der Waals surface area contributed by atoms with Gasteiger partial charge in [0.25, 0.3) is 0 Å². The van der Waals surface area contributed by atoms with Crippen molar-refractivity contribution in [2.24, 2.45) is 5.41 Å². The second-order valence-electron chi connectivity index (χ2n) is 6.05. The number of ketones is 1. The van der Waals surface area contributed by atoms with Crippen LogP contribution in [0.25, 0.3) is 0 Å². The number of aliphatic hydroxyl groups is 1. The maximum absolute atomic E-state index is 12.2. The molecule has 0 aliphatic carbocycles. The van der Waals surface area contributed by atoms with Gasteiger partial charge in [-0.05, 0) is 42.7 Å². The molecule has 1 rings (SSSR count). The van der Waals surface area contributed by atoms with E-state index in [-0.39, 0.29) is 18.2 Å². The number of Topliss-reactive ketones (excluding diaryl/α,β-unsaturated/α-hetero) is 1. The number of carbonyl (C=O) groups excluding carboxylic acids is 2. The number of rotatable bonds is 7. The second kappa shape index (κ2) is 6.50. The lowest BCUT2D eigenvalue weighted by atomic mass is 9.85. The molecule has 1 atom stereocenters. The van der Waals surface area contributed by atoms with Gasteiger partial charge in [-0.3, -0.25) is 4.79 Å². The fourth-order valence-corrected chi connectivity index (χ4v) is 2.55. The van der Waals surface area contributed by atoms with Crippen LogP contribution in [0, 0.1) is 5.41 Å². The Morgan fingerprint density at radius 2 is 2.00 bits per heavy atom. The Labute approximate surface area is 124 Å². The third-order valence-corrected chi connectivity index (χ3v) is 4.14. The molecule has 0 fully saturated rings. The van der Waals surface area contributed by atoms with Crippen LogP contribution in [-0.2, 0) is 15.2 Å². The third kappa shape index (κ3) is 4.72. The van der Waals surface area contributed by atoms with Crippen molar-refractivity contribution in [2.75, 3.05) is 6.54 Å². The maximum atomic E-state index is 12.2. The fourth-order valence-electron chi connectivity index (χ4n) is 1.77. The molecule has 1 heterocycles. The molecule has 112 valence electrons. The highest BCUT2D eigenvalue weighted by Gasteiger charge is 2.30. The van der Waals surface area contributed by atoms with Gasteiger partial charge >= 0.3 is 0 Å². The second-order valence-corrected chi connectivity index (χ2v) is 6.83. The van der Waals surface area contributed by atoms with Crippen molar-refractivity contribution < 1.29 is 14.7 Å². The average Bonchev–Trinajstić information content (AvgIpc) is 2.88. The van der Waals surface area contributed by atoms with Crippen molar-refractivity contribution in [3.63, 3.8) is 0 Å². The normalized spacial score (nSPS) is 14.7. The van der Waals surface area contributed by atoms with Crippen LogP contribution in [0.2, 0.25) is 0 Å². The Kier molecular flexibility index (Phi) is 5.48. The van der Waals surface area contributed by atoms with E-state index in [2.05, 4.69) is 5.32 Å². The number of thiophene rings is 1. The zero-order valence-corrected chi connectivity index (χ0v) is 13.3. The number of amides is 1. The minimum atomic E-state index is -1.08. The molecule has 4 nitrogen and oxygen atoms in total. The Bertz CT molecular complexity index is 463. The molecule has 5 heteroatoms. The van der Waals surface area contributed by atoms with Crippen LogP contribution < -0.4 is 5.32 Å². The first-order valence-corrected chi connectivity index (χ1v) is 7.62. The number of nitrogens with one attached hydrogen (secondary N) is 1. The molecule has 1 aromatic heterocycles. The van der Waals surface area contributed by atoms with E-state index >= 15 is 0 Å². The summed E-state index contributed by atoms with van der Waals surface area (Å²) in [6.45, 7) is 6.98. The molecule has 0 aliphatic rings. The molecule has 0 aliphatic heterocycles. The van der Waals surface area contributed by atoms with Crippen LogP contribution in [0.3, 0.4) is 0 Å². The number of hydrogen-bond donors (Lipinski definition) is 2. The molecule has 0 saturated carbocycles. The van der Waals surface area contributed by atoms with E-state index in [0.29, 0.717) is 12.8 Å². The van der Waals surface area contributed by atoms with E-state index in [0.717, 1.165) is 5.56 Å². The smallest absolute Gasteiger partial charge is 0.225 e. The largest absolute Gasteiger partial charge is 0.384 e. The molecule has 1 unspecified atom stereocenters. The predicted molar refractivity (Wildman–Crippen MR) is 80.6 cm³/mol. The van der Waals surface area contributed by atoms with Crippen LogP contribution in [0.1, 0.15) is 46.1 Å². The Morgan fingerprint density at radius 3 is 2.50 bits per heavy atom. The quantitative estimate of drug-likeness (QED) is 0.812. The van der Waals surface area contributed by atoms with Crippen molar-refractivity contribution in [3.8, 4) is 0 Å². The molecule has 0 radical (unpaired) electrons. The zero-order chi connectivity index (χ0) is 15.4. The summed E-state index contributed by atoms with van der Waals surface area (Å²) < 4.78 is 0. The topological polar surface area (TPSA) is 66.4 Å². The van der Waals surface area contributed by atoms with Gasteiger partial charge in [-0.2, -0.15) is 11.3 Å². The van der Waals surface area contributed by atoms with Crippen molar-refractivity contribution in [2.45, 2.75) is 46.1 Å². The van der Waals surface area contributed by atoms with E-state index < -0.39 is 11.0 Å². The summed E-state index contributed by atoms with van der Waals surface area (Å²) in [5.41, 5.74) is -0.896. The van der Waals surface area contributed by atoms with Gasteiger partial charge in [-0.25, -0.2) is 0 Å². The van der Waals surface area contributed by atoms with E-state index in [1.54, 1.807) is 6.92 Å². The van der Waals surface area contributed by atoms with Crippen molar-refractivity contribution in [3.05, 3.63) is 22.4 Å². The summed E-state index contributed by atoms with van der Waals surface area (Å²) in [7, 11) is 0. The first-order chi connectivity index (χ1) is 9.15. The fraction of sp³-hybridized carbons (Fsp3) is 0.600. The average molecular weight is 297 g/mol. The Morgan fingerprint density at radius 1 is 1.35 bits per heavy atom. The summed E-state index contributed by atoms with van der Waals surface area (Å²) in [4.78, 5) is 23.2. The molecule has 2 N–H and O–H groups in total. The van der Waals surface area contributed by atoms with Crippen molar-refractivity contribution in [1.29, 1.82) is 0 Å². The SMILES string of the molecule is CC(=O)CCC(C)(C)C(=O)NCC(C)(O)c1ccsc1. The highest BCUT2D eigenvalue weighted by Crippen LogP contribution is 2.25. The van der Waals surface area contributed by atoms with Crippen molar-refractivity contribution in [1.82, 2.24) is 5.32 Å². The lowest BCUT2D eigenvalue weighted by Crippen LogP contribution is -2.44. The van der Waals surface area contributed by atoms with Gasteiger partial charge < -0.3 is 15.2 Å². The minimum absolute atomic E-state index is 0.0798. The number of hydrogen-bond acceptors (Lipinski definition) is 4. The van der Waals surface area contributed by atoms with E-state index in [9.17, 15) is 14.7 Å². The molecule has 20 heavy (non-hydrogen) atoms. The highest BCUT2D eigenvalue weighted by atomic mass is 32.1. The molecule has 0 bridgehead atoms. The van der Waals surface area contributed by atoms with Gasteiger partial charge in [0.05, 0.1) is 6.54 Å². The highest BCUT2D eigenvalue weighted by molar-refractivity contribution is 7.08. The van der Waals surface area contributed by atoms with Crippen LogP contribution in [-0.4, -0.2) is 23.3 Å². The first-order valence-electron chi connectivity index (χ1n) is 6.68.